The Hall–Kier alpha value is -2.60. The average Bonchev–Trinajstić information content (AvgIpc) is 3.19. The van der Waals surface area contributed by atoms with Gasteiger partial charge < -0.3 is 4.57 Å². The molecule has 0 fully saturated rings. The predicted octanol–water partition coefficient (Wildman–Crippen LogP) is 2.66. The highest BCUT2D eigenvalue weighted by atomic mass is 32.2. The molecule has 1 atom stereocenters. The average molecular weight is 481 g/mol. The molecule has 8 nitrogen and oxygen atoms in total. The van der Waals surface area contributed by atoms with Gasteiger partial charge in [0.1, 0.15) is 17.7 Å². The predicted molar refractivity (Wildman–Crippen MR) is 118 cm³/mol. The van der Waals surface area contributed by atoms with Crippen LogP contribution in [-0.4, -0.2) is 43.8 Å². The lowest BCUT2D eigenvalue weighted by atomic mass is 10.1. The Kier molecular flexibility index (Phi) is 7.13. The van der Waals surface area contributed by atoms with Gasteiger partial charge in [-0.1, -0.05) is 32.0 Å². The van der Waals surface area contributed by atoms with Crippen molar-refractivity contribution in [3.63, 3.8) is 0 Å². The highest BCUT2D eigenvalue weighted by molar-refractivity contribution is 7.89. The summed E-state index contributed by atoms with van der Waals surface area (Å²) in [5.41, 5.74) is 0.117. The molecule has 11 heteroatoms. The lowest BCUT2D eigenvalue weighted by Crippen LogP contribution is -2.32. The summed E-state index contributed by atoms with van der Waals surface area (Å²) in [5, 5.41) is 0. The van der Waals surface area contributed by atoms with Crippen molar-refractivity contribution >= 4 is 20.0 Å². The number of aromatic nitrogens is 2. The van der Waals surface area contributed by atoms with Gasteiger partial charge in [0.15, 0.2) is 0 Å². The summed E-state index contributed by atoms with van der Waals surface area (Å²) < 4.78 is 71.4. The Morgan fingerprint density at radius 3 is 2.12 bits per heavy atom. The number of aryl methyl sites for hydroxylation is 1. The van der Waals surface area contributed by atoms with Crippen LogP contribution in [0.1, 0.15) is 31.3 Å². The molecule has 0 spiro atoms. The first-order chi connectivity index (χ1) is 15.1. The van der Waals surface area contributed by atoms with Crippen molar-refractivity contribution in [2.24, 2.45) is 7.05 Å². The molecule has 0 saturated carbocycles. The minimum atomic E-state index is -4.14. The number of hydrogen-bond acceptors (Lipinski definition) is 5. The van der Waals surface area contributed by atoms with E-state index in [0.29, 0.717) is 18.9 Å². The molecule has 0 bridgehead atoms. The van der Waals surface area contributed by atoms with Crippen LogP contribution in [0.25, 0.3) is 0 Å². The van der Waals surface area contributed by atoms with E-state index in [9.17, 15) is 21.2 Å². The summed E-state index contributed by atoms with van der Waals surface area (Å²) in [4.78, 5) is 4.03. The highest BCUT2D eigenvalue weighted by Crippen LogP contribution is 2.26. The normalized spacial score (nSPS) is 13.4. The zero-order valence-corrected chi connectivity index (χ0v) is 19.6. The molecule has 0 aliphatic rings. The Morgan fingerprint density at radius 2 is 1.59 bits per heavy atom. The fourth-order valence-electron chi connectivity index (χ4n) is 3.35. The molecule has 1 aromatic heterocycles. The number of imidazole rings is 1. The van der Waals surface area contributed by atoms with Crippen LogP contribution in [0.4, 0.5) is 4.39 Å². The third kappa shape index (κ3) is 4.75. The second-order valence-electron chi connectivity index (χ2n) is 7.03. The van der Waals surface area contributed by atoms with Crippen LogP contribution in [0, 0.1) is 5.82 Å². The number of rotatable bonds is 9. The number of sulfonamides is 2. The van der Waals surface area contributed by atoms with Gasteiger partial charge >= 0.3 is 0 Å². The molecule has 3 aromatic rings. The molecule has 0 amide bonds. The van der Waals surface area contributed by atoms with Crippen LogP contribution < -0.4 is 4.72 Å². The van der Waals surface area contributed by atoms with E-state index in [0.717, 1.165) is 0 Å². The first kappa shape index (κ1) is 24.1. The van der Waals surface area contributed by atoms with Crippen molar-refractivity contribution in [1.82, 2.24) is 18.6 Å². The van der Waals surface area contributed by atoms with Gasteiger partial charge in [-0.3, -0.25) is 0 Å². The molecule has 2 aromatic carbocycles. The second kappa shape index (κ2) is 9.49. The maximum absolute atomic E-state index is 14.5. The van der Waals surface area contributed by atoms with Crippen molar-refractivity contribution in [3.05, 3.63) is 78.1 Å². The van der Waals surface area contributed by atoms with Gasteiger partial charge in [-0.15, -0.1) is 0 Å². The largest absolute Gasteiger partial charge is 0.336 e. The van der Waals surface area contributed by atoms with Crippen molar-refractivity contribution in [1.29, 1.82) is 0 Å². The maximum Gasteiger partial charge on any atom is 0.243 e. The molecular formula is C21H25FN4O4S2. The van der Waals surface area contributed by atoms with E-state index in [1.54, 1.807) is 37.7 Å². The molecule has 0 saturated heterocycles. The number of benzene rings is 2. The minimum Gasteiger partial charge on any atom is -0.336 e. The third-order valence-corrected chi connectivity index (χ3v) is 8.59. The van der Waals surface area contributed by atoms with Crippen LogP contribution in [0.2, 0.25) is 0 Å². The first-order valence-electron chi connectivity index (χ1n) is 9.96. The summed E-state index contributed by atoms with van der Waals surface area (Å²) in [6.07, 6.45) is 3.12. The highest BCUT2D eigenvalue weighted by Gasteiger charge is 2.28. The number of hydrogen-bond donors (Lipinski definition) is 1. The van der Waals surface area contributed by atoms with Gasteiger partial charge in [0.25, 0.3) is 0 Å². The van der Waals surface area contributed by atoms with Gasteiger partial charge in [0.05, 0.1) is 9.79 Å². The Labute approximate surface area is 187 Å². The Morgan fingerprint density at radius 1 is 1.00 bits per heavy atom. The lowest BCUT2D eigenvalue weighted by Gasteiger charge is -2.20. The van der Waals surface area contributed by atoms with Crippen LogP contribution in [0.15, 0.2) is 70.7 Å². The quantitative estimate of drug-likeness (QED) is 0.507. The molecule has 0 unspecified atom stereocenters. The molecule has 0 radical (unpaired) electrons. The van der Waals surface area contributed by atoms with Crippen LogP contribution in [0.5, 0.6) is 0 Å². The SMILES string of the molecule is CCN(CC)S(=O)(=O)c1ccc(S(=O)(=O)N[C@@H](c2ccccc2F)c2nccn2C)cc1. The van der Waals surface area contributed by atoms with Crippen molar-refractivity contribution in [2.75, 3.05) is 13.1 Å². The second-order valence-corrected chi connectivity index (χ2v) is 10.7. The van der Waals surface area contributed by atoms with Gasteiger partial charge in [-0.2, -0.15) is 9.03 Å². The number of nitrogens with one attached hydrogen (secondary N) is 1. The fourth-order valence-corrected chi connectivity index (χ4v) is 5.98. The van der Waals surface area contributed by atoms with E-state index in [1.807, 2.05) is 0 Å². The van der Waals surface area contributed by atoms with Gasteiger partial charge in [0, 0.05) is 38.1 Å². The summed E-state index contributed by atoms with van der Waals surface area (Å²) in [6.45, 7) is 4.05. The smallest absolute Gasteiger partial charge is 0.243 e. The molecule has 172 valence electrons. The summed E-state index contributed by atoms with van der Waals surface area (Å²) in [5.74, 6) is -0.275. The molecular weight excluding hydrogens is 455 g/mol. The van der Waals surface area contributed by atoms with Crippen molar-refractivity contribution < 1.29 is 21.2 Å². The summed E-state index contributed by atoms with van der Waals surface area (Å²) >= 11 is 0. The number of nitrogens with zero attached hydrogens (tertiary/aromatic N) is 3. The zero-order valence-electron chi connectivity index (χ0n) is 17.9. The molecule has 32 heavy (non-hydrogen) atoms. The zero-order chi connectivity index (χ0) is 23.5. The summed E-state index contributed by atoms with van der Waals surface area (Å²) in [7, 11) is -6.18. The first-order valence-corrected chi connectivity index (χ1v) is 12.9. The van der Waals surface area contributed by atoms with Crippen LogP contribution >= 0.6 is 0 Å². The molecule has 3 rings (SSSR count). The standard InChI is InChI=1S/C21H25FN4O4S2/c1-4-26(5-2)32(29,30)17-12-10-16(11-13-17)31(27,28)24-20(21-23-14-15-25(21)3)18-8-6-7-9-19(18)22/h6-15,20,24H,4-5H2,1-3H3/t20-/m0/s1. The molecule has 0 aliphatic carbocycles. The Bertz CT molecular complexity index is 1290. The summed E-state index contributed by atoms with van der Waals surface area (Å²) in [6, 6.07) is 9.70. The third-order valence-electron chi connectivity index (χ3n) is 5.08. The van der Waals surface area contributed by atoms with Crippen molar-refractivity contribution in [3.8, 4) is 0 Å². The molecule has 0 aliphatic heterocycles. The van der Waals surface area contributed by atoms with Crippen LogP contribution in [0.3, 0.4) is 0 Å². The molecule has 1 heterocycles. The fraction of sp³-hybridized carbons (Fsp3) is 0.286. The lowest BCUT2D eigenvalue weighted by molar-refractivity contribution is 0.445. The van der Waals surface area contributed by atoms with Crippen molar-refractivity contribution in [2.45, 2.75) is 29.7 Å². The van der Waals surface area contributed by atoms with Crippen LogP contribution in [-0.2, 0) is 27.1 Å². The maximum atomic E-state index is 14.5. The van der Waals surface area contributed by atoms with E-state index >= 15 is 0 Å². The number of halogens is 1. The van der Waals surface area contributed by atoms with E-state index in [4.69, 9.17) is 0 Å². The monoisotopic (exact) mass is 480 g/mol. The molecule has 1 N–H and O–H groups in total. The topological polar surface area (TPSA) is 101 Å². The van der Waals surface area contributed by atoms with E-state index in [2.05, 4.69) is 9.71 Å². The van der Waals surface area contributed by atoms with Gasteiger partial charge in [-0.25, -0.2) is 26.2 Å². The Balaban J connectivity index is 1.98. The van der Waals surface area contributed by atoms with Gasteiger partial charge in [-0.05, 0) is 30.3 Å². The van der Waals surface area contributed by atoms with E-state index in [-0.39, 0.29) is 15.4 Å². The minimum absolute atomic E-state index is 0.00472. The van der Waals surface area contributed by atoms with Gasteiger partial charge in [0.2, 0.25) is 20.0 Å². The van der Waals surface area contributed by atoms with E-state index in [1.165, 1.54) is 53.0 Å². The van der Waals surface area contributed by atoms with E-state index < -0.39 is 31.9 Å².